The Hall–Kier alpha value is -2.29. The summed E-state index contributed by atoms with van der Waals surface area (Å²) in [6, 6.07) is 10.6. The predicted molar refractivity (Wildman–Crippen MR) is 120 cm³/mol. The summed E-state index contributed by atoms with van der Waals surface area (Å²) in [6.07, 6.45) is 0.811. The van der Waals surface area contributed by atoms with Gasteiger partial charge in [0, 0.05) is 17.8 Å². The van der Waals surface area contributed by atoms with Crippen molar-refractivity contribution in [1.29, 1.82) is 0 Å². The molecule has 0 unspecified atom stereocenters. The molecule has 2 N–H and O–H groups in total. The first-order chi connectivity index (χ1) is 14.3. The highest BCUT2D eigenvalue weighted by molar-refractivity contribution is 7.92. The molecule has 0 fully saturated rings. The van der Waals surface area contributed by atoms with Crippen LogP contribution in [0, 0.1) is 0 Å². The smallest absolute Gasteiger partial charge is 0.263 e. The third-order valence-corrected chi connectivity index (χ3v) is 6.52. The lowest BCUT2D eigenvalue weighted by molar-refractivity contribution is 0.0951. The zero-order chi connectivity index (χ0) is 22.1. The van der Waals surface area contributed by atoms with Crippen molar-refractivity contribution in [3.63, 3.8) is 0 Å². The average molecular weight is 454 g/mol. The third kappa shape index (κ3) is 6.62. The van der Waals surface area contributed by atoms with Gasteiger partial charge >= 0.3 is 0 Å². The zero-order valence-electron chi connectivity index (χ0n) is 17.4. The number of nitrogens with one attached hydrogen (secondary N) is 2. The number of rotatable bonds is 11. The topological polar surface area (TPSA) is 87.7 Å². The lowest BCUT2D eigenvalue weighted by Crippen LogP contribution is -2.30. The van der Waals surface area contributed by atoms with E-state index in [1.54, 1.807) is 24.3 Å². The van der Waals surface area contributed by atoms with Gasteiger partial charge in [0.05, 0.1) is 12.1 Å². The Balaban J connectivity index is 2.08. The van der Waals surface area contributed by atoms with Crippen LogP contribution >= 0.6 is 11.6 Å². The molecular weight excluding hydrogens is 426 g/mol. The molecule has 0 bridgehead atoms. The van der Waals surface area contributed by atoms with Crippen LogP contribution in [0.2, 0.25) is 5.02 Å². The fourth-order valence-electron chi connectivity index (χ4n) is 2.87. The summed E-state index contributed by atoms with van der Waals surface area (Å²) in [7, 11) is -2.45. The minimum atomic E-state index is -3.97. The van der Waals surface area contributed by atoms with Gasteiger partial charge in [0.2, 0.25) is 0 Å². The Bertz CT molecular complexity index is 945. The molecule has 2 rings (SSSR count). The van der Waals surface area contributed by atoms with Crippen LogP contribution in [0.15, 0.2) is 47.4 Å². The van der Waals surface area contributed by atoms with Crippen molar-refractivity contribution < 1.29 is 17.9 Å². The van der Waals surface area contributed by atoms with Gasteiger partial charge < -0.3 is 15.0 Å². The maximum absolute atomic E-state index is 12.8. The number of sulfonamides is 1. The summed E-state index contributed by atoms with van der Waals surface area (Å²) in [5.41, 5.74) is 0.593. The van der Waals surface area contributed by atoms with Gasteiger partial charge in [-0.2, -0.15) is 0 Å². The summed E-state index contributed by atoms with van der Waals surface area (Å²) in [5.74, 6) is 0.266. The third-order valence-electron chi connectivity index (χ3n) is 4.66. The van der Waals surface area contributed by atoms with Crippen molar-refractivity contribution in [3.8, 4) is 5.75 Å². The van der Waals surface area contributed by atoms with Gasteiger partial charge in [-0.1, -0.05) is 25.4 Å². The molecule has 1 amide bonds. The number of hydrogen-bond acceptors (Lipinski definition) is 5. The van der Waals surface area contributed by atoms with Crippen LogP contribution in [0.1, 0.15) is 30.6 Å². The van der Waals surface area contributed by atoms with Gasteiger partial charge in [-0.25, -0.2) is 8.42 Å². The van der Waals surface area contributed by atoms with Crippen LogP contribution in [0.3, 0.4) is 0 Å². The zero-order valence-corrected chi connectivity index (χ0v) is 19.0. The van der Waals surface area contributed by atoms with E-state index >= 15 is 0 Å². The Morgan fingerprint density at radius 2 is 1.77 bits per heavy atom. The van der Waals surface area contributed by atoms with Gasteiger partial charge in [0.1, 0.15) is 10.6 Å². The predicted octanol–water partition coefficient (Wildman–Crippen LogP) is 3.61. The normalized spacial score (nSPS) is 11.4. The number of benzene rings is 2. The molecule has 0 saturated heterocycles. The number of amides is 1. The van der Waals surface area contributed by atoms with E-state index in [2.05, 4.69) is 28.8 Å². The summed E-state index contributed by atoms with van der Waals surface area (Å²) >= 11 is 6.12. The highest BCUT2D eigenvalue weighted by Crippen LogP contribution is 2.26. The molecule has 7 nitrogen and oxygen atoms in total. The molecule has 2 aromatic carbocycles. The van der Waals surface area contributed by atoms with E-state index in [1.807, 2.05) is 0 Å². The van der Waals surface area contributed by atoms with Gasteiger partial charge in [0.25, 0.3) is 15.9 Å². The van der Waals surface area contributed by atoms with E-state index in [9.17, 15) is 13.2 Å². The second kappa shape index (κ2) is 11.2. The quantitative estimate of drug-likeness (QED) is 0.507. The molecule has 9 heteroatoms. The van der Waals surface area contributed by atoms with Crippen LogP contribution < -0.4 is 14.8 Å². The van der Waals surface area contributed by atoms with Crippen molar-refractivity contribution in [1.82, 2.24) is 10.2 Å². The number of ether oxygens (including phenoxy) is 1. The molecule has 0 heterocycles. The molecule has 0 aliphatic heterocycles. The van der Waals surface area contributed by atoms with Crippen molar-refractivity contribution in [2.24, 2.45) is 0 Å². The van der Waals surface area contributed by atoms with Crippen LogP contribution in [0.5, 0.6) is 5.75 Å². The SMILES string of the molecule is CCN(CC)CCCNC(=O)c1ccc(Cl)c(S(=O)(=O)Nc2ccc(OC)cc2)c1. The van der Waals surface area contributed by atoms with Crippen LogP contribution in [-0.4, -0.2) is 52.5 Å². The standard InChI is InChI=1S/C21H28ClN3O4S/c1-4-25(5-2)14-6-13-23-21(26)16-7-12-19(22)20(15-16)30(27,28)24-17-8-10-18(29-3)11-9-17/h7-12,15,24H,4-6,13-14H2,1-3H3,(H,23,26). The Morgan fingerprint density at radius 1 is 1.10 bits per heavy atom. The summed E-state index contributed by atoms with van der Waals surface area (Å²) in [4.78, 5) is 14.6. The van der Waals surface area contributed by atoms with E-state index in [-0.39, 0.29) is 21.4 Å². The van der Waals surface area contributed by atoms with E-state index in [0.29, 0.717) is 18.0 Å². The fourth-order valence-corrected chi connectivity index (χ4v) is 4.45. The highest BCUT2D eigenvalue weighted by Gasteiger charge is 2.20. The fraction of sp³-hybridized carbons (Fsp3) is 0.381. The number of carbonyl (C=O) groups excluding carboxylic acids is 1. The number of nitrogens with zero attached hydrogens (tertiary/aromatic N) is 1. The molecule has 0 aromatic heterocycles. The van der Waals surface area contributed by atoms with Gasteiger partial charge in [-0.05, 0) is 68.5 Å². The Kier molecular flexibility index (Phi) is 8.95. The summed E-state index contributed by atoms with van der Waals surface area (Å²) < 4.78 is 33.1. The molecule has 0 spiro atoms. The maximum atomic E-state index is 12.8. The molecule has 0 radical (unpaired) electrons. The van der Waals surface area contributed by atoms with Crippen molar-refractivity contribution >= 4 is 33.2 Å². The monoisotopic (exact) mass is 453 g/mol. The van der Waals surface area contributed by atoms with Crippen LogP contribution in [0.4, 0.5) is 5.69 Å². The molecule has 164 valence electrons. The van der Waals surface area contributed by atoms with Gasteiger partial charge in [-0.15, -0.1) is 0 Å². The van der Waals surface area contributed by atoms with Crippen LogP contribution in [0.25, 0.3) is 0 Å². The minimum absolute atomic E-state index is 0.0362. The first-order valence-electron chi connectivity index (χ1n) is 9.77. The number of carbonyl (C=O) groups is 1. The van der Waals surface area contributed by atoms with E-state index < -0.39 is 10.0 Å². The molecule has 0 aliphatic carbocycles. The minimum Gasteiger partial charge on any atom is -0.497 e. The van der Waals surface area contributed by atoms with E-state index in [4.69, 9.17) is 16.3 Å². The molecule has 0 atom stereocenters. The largest absolute Gasteiger partial charge is 0.497 e. The molecule has 2 aromatic rings. The number of hydrogen-bond donors (Lipinski definition) is 2. The Labute approximate surface area is 183 Å². The van der Waals surface area contributed by atoms with Gasteiger partial charge in [0.15, 0.2) is 0 Å². The van der Waals surface area contributed by atoms with Crippen molar-refractivity contribution in [3.05, 3.63) is 53.1 Å². The summed E-state index contributed by atoms with van der Waals surface area (Å²) in [5, 5.41) is 2.86. The molecular formula is C21H28ClN3O4S. The number of halogens is 1. The van der Waals surface area contributed by atoms with E-state index in [0.717, 1.165) is 26.1 Å². The van der Waals surface area contributed by atoms with Crippen molar-refractivity contribution in [2.75, 3.05) is 38.0 Å². The Morgan fingerprint density at radius 3 is 2.37 bits per heavy atom. The molecule has 0 saturated carbocycles. The highest BCUT2D eigenvalue weighted by atomic mass is 35.5. The van der Waals surface area contributed by atoms with Crippen molar-refractivity contribution in [2.45, 2.75) is 25.2 Å². The second-order valence-electron chi connectivity index (χ2n) is 6.62. The summed E-state index contributed by atoms with van der Waals surface area (Å²) in [6.45, 7) is 7.51. The molecule has 0 aliphatic rings. The molecule has 30 heavy (non-hydrogen) atoms. The van der Waals surface area contributed by atoms with Crippen LogP contribution in [-0.2, 0) is 10.0 Å². The van der Waals surface area contributed by atoms with E-state index in [1.165, 1.54) is 25.3 Å². The maximum Gasteiger partial charge on any atom is 0.263 e. The average Bonchev–Trinajstić information content (AvgIpc) is 2.74. The number of anilines is 1. The first kappa shape index (κ1) is 24.0. The lowest BCUT2D eigenvalue weighted by atomic mass is 10.2. The van der Waals surface area contributed by atoms with Gasteiger partial charge in [-0.3, -0.25) is 9.52 Å². The lowest BCUT2D eigenvalue weighted by Gasteiger charge is -2.17. The number of methoxy groups -OCH3 is 1. The first-order valence-corrected chi connectivity index (χ1v) is 11.6. The second-order valence-corrected chi connectivity index (χ2v) is 8.67.